The number of hydrogen-bond donors (Lipinski definition) is 1. The first-order valence-corrected chi connectivity index (χ1v) is 6.79. The standard InChI is InChI=1S/C13H16ClFN2O2/c1-2-9(5-8-3-4-8)16-12-6-10(14)11(15)7-13(12)17(18)19/h6-9,16H,2-5H2,1H3. The van der Waals surface area contributed by atoms with Crippen molar-refractivity contribution in [2.24, 2.45) is 5.92 Å². The molecule has 0 amide bonds. The number of anilines is 1. The third kappa shape index (κ3) is 3.56. The van der Waals surface area contributed by atoms with Gasteiger partial charge in [-0.2, -0.15) is 0 Å². The molecule has 1 aromatic rings. The van der Waals surface area contributed by atoms with E-state index in [1.165, 1.54) is 18.9 Å². The molecule has 0 radical (unpaired) electrons. The van der Waals surface area contributed by atoms with Crippen LogP contribution in [0.3, 0.4) is 0 Å². The Kier molecular flexibility index (Phi) is 4.24. The Morgan fingerprint density at radius 1 is 1.58 bits per heavy atom. The monoisotopic (exact) mass is 286 g/mol. The molecule has 104 valence electrons. The lowest BCUT2D eigenvalue weighted by atomic mass is 10.1. The molecular weight excluding hydrogens is 271 g/mol. The first kappa shape index (κ1) is 14.1. The van der Waals surface area contributed by atoms with Crippen LogP contribution in [0.5, 0.6) is 0 Å². The molecule has 1 aliphatic rings. The van der Waals surface area contributed by atoms with Crippen LogP contribution in [0, 0.1) is 21.8 Å². The summed E-state index contributed by atoms with van der Waals surface area (Å²) in [5.74, 6) is -0.0541. The van der Waals surface area contributed by atoms with E-state index < -0.39 is 10.7 Å². The predicted molar refractivity (Wildman–Crippen MR) is 73.1 cm³/mol. The zero-order valence-corrected chi connectivity index (χ0v) is 11.4. The van der Waals surface area contributed by atoms with Gasteiger partial charge < -0.3 is 5.32 Å². The van der Waals surface area contributed by atoms with Crippen LogP contribution in [0.15, 0.2) is 12.1 Å². The van der Waals surface area contributed by atoms with Crippen molar-refractivity contribution in [3.8, 4) is 0 Å². The molecule has 0 aliphatic heterocycles. The predicted octanol–water partition coefficient (Wildman–Crippen LogP) is 4.38. The van der Waals surface area contributed by atoms with Gasteiger partial charge in [-0.1, -0.05) is 31.4 Å². The van der Waals surface area contributed by atoms with Gasteiger partial charge in [0.1, 0.15) is 11.5 Å². The summed E-state index contributed by atoms with van der Waals surface area (Å²) < 4.78 is 13.3. The van der Waals surface area contributed by atoms with Crippen molar-refractivity contribution in [1.82, 2.24) is 0 Å². The fourth-order valence-electron chi connectivity index (χ4n) is 2.11. The summed E-state index contributed by atoms with van der Waals surface area (Å²) in [6, 6.07) is 2.33. The van der Waals surface area contributed by atoms with Gasteiger partial charge in [-0.3, -0.25) is 10.1 Å². The number of nitro groups is 1. The van der Waals surface area contributed by atoms with E-state index in [-0.39, 0.29) is 16.8 Å². The molecule has 0 heterocycles. The maximum absolute atomic E-state index is 13.3. The fraction of sp³-hybridized carbons (Fsp3) is 0.538. The lowest BCUT2D eigenvalue weighted by Gasteiger charge is -2.18. The highest BCUT2D eigenvalue weighted by molar-refractivity contribution is 6.31. The summed E-state index contributed by atoms with van der Waals surface area (Å²) >= 11 is 5.70. The zero-order valence-electron chi connectivity index (χ0n) is 10.7. The van der Waals surface area contributed by atoms with Gasteiger partial charge in [0, 0.05) is 6.04 Å². The van der Waals surface area contributed by atoms with Crippen LogP contribution in [0.25, 0.3) is 0 Å². The van der Waals surface area contributed by atoms with Crippen molar-refractivity contribution < 1.29 is 9.31 Å². The maximum atomic E-state index is 13.3. The van der Waals surface area contributed by atoms with Gasteiger partial charge in [-0.15, -0.1) is 0 Å². The summed E-state index contributed by atoms with van der Waals surface area (Å²) in [5, 5.41) is 14.0. The van der Waals surface area contributed by atoms with Crippen molar-refractivity contribution in [2.75, 3.05) is 5.32 Å². The Morgan fingerprint density at radius 2 is 2.26 bits per heavy atom. The summed E-state index contributed by atoms with van der Waals surface area (Å²) in [7, 11) is 0. The minimum atomic E-state index is -0.769. The van der Waals surface area contributed by atoms with Crippen LogP contribution < -0.4 is 5.32 Å². The molecule has 0 saturated heterocycles. The lowest BCUT2D eigenvalue weighted by Crippen LogP contribution is -2.20. The first-order valence-electron chi connectivity index (χ1n) is 6.41. The third-order valence-corrected chi connectivity index (χ3v) is 3.69. The normalized spacial score (nSPS) is 16.2. The van der Waals surface area contributed by atoms with Crippen LogP contribution in [-0.2, 0) is 0 Å². The average molecular weight is 287 g/mol. The lowest BCUT2D eigenvalue weighted by molar-refractivity contribution is -0.384. The highest BCUT2D eigenvalue weighted by Gasteiger charge is 2.26. The highest BCUT2D eigenvalue weighted by atomic mass is 35.5. The molecular formula is C13H16ClFN2O2. The third-order valence-electron chi connectivity index (χ3n) is 3.40. The molecule has 1 aliphatic carbocycles. The van der Waals surface area contributed by atoms with E-state index in [1.54, 1.807) is 0 Å². The van der Waals surface area contributed by atoms with Gasteiger partial charge in [0.25, 0.3) is 5.69 Å². The SMILES string of the molecule is CCC(CC1CC1)Nc1cc(Cl)c(F)cc1[N+](=O)[O-]. The molecule has 1 atom stereocenters. The Bertz CT molecular complexity index is 492. The van der Waals surface area contributed by atoms with Crippen LogP contribution in [0.4, 0.5) is 15.8 Å². The van der Waals surface area contributed by atoms with Crippen LogP contribution >= 0.6 is 11.6 Å². The molecule has 0 spiro atoms. The molecule has 6 heteroatoms. The van der Waals surface area contributed by atoms with E-state index in [4.69, 9.17) is 11.6 Å². The quantitative estimate of drug-likeness (QED) is 0.624. The number of nitrogens with one attached hydrogen (secondary N) is 1. The molecule has 1 N–H and O–H groups in total. The Balaban J connectivity index is 2.21. The van der Waals surface area contributed by atoms with Crippen LogP contribution in [0.1, 0.15) is 32.6 Å². The van der Waals surface area contributed by atoms with E-state index in [2.05, 4.69) is 5.32 Å². The number of nitrogens with zero attached hydrogens (tertiary/aromatic N) is 1. The van der Waals surface area contributed by atoms with Gasteiger partial charge in [-0.05, 0) is 24.8 Å². The number of rotatable bonds is 6. The van der Waals surface area contributed by atoms with E-state index in [0.717, 1.165) is 18.9 Å². The summed E-state index contributed by atoms with van der Waals surface area (Å²) in [6.07, 6.45) is 4.31. The van der Waals surface area contributed by atoms with Crippen LogP contribution in [0.2, 0.25) is 5.02 Å². The van der Waals surface area contributed by atoms with Crippen molar-refractivity contribution in [3.05, 3.63) is 33.1 Å². The van der Waals surface area contributed by atoms with Crippen molar-refractivity contribution in [3.63, 3.8) is 0 Å². The van der Waals surface area contributed by atoms with Gasteiger partial charge in [0.15, 0.2) is 0 Å². The largest absolute Gasteiger partial charge is 0.377 e. The number of halogens is 2. The van der Waals surface area contributed by atoms with Crippen molar-refractivity contribution in [1.29, 1.82) is 0 Å². The van der Waals surface area contributed by atoms with E-state index in [9.17, 15) is 14.5 Å². The minimum Gasteiger partial charge on any atom is -0.377 e. The summed E-state index contributed by atoms with van der Waals surface area (Å²) in [5.41, 5.74) is 0.0278. The van der Waals surface area contributed by atoms with E-state index in [0.29, 0.717) is 11.6 Å². The van der Waals surface area contributed by atoms with Gasteiger partial charge in [0.2, 0.25) is 0 Å². The highest BCUT2D eigenvalue weighted by Crippen LogP contribution is 2.36. The minimum absolute atomic E-state index is 0.102. The molecule has 1 saturated carbocycles. The Morgan fingerprint density at radius 3 is 2.79 bits per heavy atom. The topological polar surface area (TPSA) is 55.2 Å². The Labute approximate surface area is 116 Å². The molecule has 1 fully saturated rings. The molecule has 4 nitrogen and oxygen atoms in total. The van der Waals surface area contributed by atoms with Gasteiger partial charge >= 0.3 is 0 Å². The summed E-state index contributed by atoms with van der Waals surface area (Å²) in [4.78, 5) is 10.4. The van der Waals surface area contributed by atoms with Gasteiger partial charge in [0.05, 0.1) is 16.0 Å². The number of nitro benzene ring substituents is 1. The first-order chi connectivity index (χ1) is 9.01. The fourth-order valence-corrected chi connectivity index (χ4v) is 2.27. The number of benzene rings is 1. The van der Waals surface area contributed by atoms with Crippen LogP contribution in [-0.4, -0.2) is 11.0 Å². The Hall–Kier alpha value is -1.36. The molecule has 1 unspecified atom stereocenters. The van der Waals surface area contributed by atoms with Crippen molar-refractivity contribution in [2.45, 2.75) is 38.6 Å². The molecule has 19 heavy (non-hydrogen) atoms. The molecule has 0 bridgehead atoms. The molecule has 0 aromatic heterocycles. The van der Waals surface area contributed by atoms with E-state index >= 15 is 0 Å². The smallest absolute Gasteiger partial charge is 0.295 e. The number of hydrogen-bond acceptors (Lipinski definition) is 3. The second kappa shape index (κ2) is 5.74. The average Bonchev–Trinajstić information content (AvgIpc) is 3.16. The zero-order chi connectivity index (χ0) is 14.0. The second-order valence-corrected chi connectivity index (χ2v) is 5.38. The van der Waals surface area contributed by atoms with Crippen molar-refractivity contribution >= 4 is 23.0 Å². The second-order valence-electron chi connectivity index (χ2n) is 4.97. The summed E-state index contributed by atoms with van der Waals surface area (Å²) in [6.45, 7) is 2.02. The van der Waals surface area contributed by atoms with E-state index in [1.807, 2.05) is 6.92 Å². The molecule has 1 aromatic carbocycles. The van der Waals surface area contributed by atoms with Gasteiger partial charge in [-0.25, -0.2) is 4.39 Å². The maximum Gasteiger partial charge on any atom is 0.295 e. The molecule has 2 rings (SSSR count).